The van der Waals surface area contributed by atoms with Crippen molar-refractivity contribution in [3.05, 3.63) is 155 Å². The third-order valence-corrected chi connectivity index (χ3v) is 11.1. The third kappa shape index (κ3) is 5.30. The number of nitrogens with zero attached hydrogens (tertiary/aromatic N) is 2. The first-order valence-corrected chi connectivity index (χ1v) is 15.5. The van der Waals surface area contributed by atoms with Gasteiger partial charge in [-0.05, 0) is 18.2 Å². The van der Waals surface area contributed by atoms with Crippen LogP contribution in [0.3, 0.4) is 0 Å². The van der Waals surface area contributed by atoms with Gasteiger partial charge in [0.05, 0.1) is 33.9 Å². The van der Waals surface area contributed by atoms with Crippen LogP contribution in [0.4, 0.5) is 11.5 Å². The molecule has 0 saturated heterocycles. The largest absolute Gasteiger partial charge is 0.306 e. The highest BCUT2D eigenvalue weighted by Gasteiger charge is 2.28. The molecule has 6 rings (SSSR count). The van der Waals surface area contributed by atoms with Gasteiger partial charge in [0.1, 0.15) is 5.82 Å². The molecule has 0 spiro atoms. The molecule has 6 aromatic rings. The molecule has 0 atom stereocenters. The first-order chi connectivity index (χ1) is 20.1. The second kappa shape index (κ2) is 11.7. The third-order valence-electron chi connectivity index (χ3n) is 6.77. The number of para-hydroxylation sites is 1. The van der Waals surface area contributed by atoms with E-state index in [0.717, 1.165) is 27.0 Å². The first kappa shape index (κ1) is 27.0. The Morgan fingerprint density at radius 1 is 0.634 bits per heavy atom. The van der Waals surface area contributed by atoms with E-state index >= 15 is 0 Å². The molecule has 0 saturated carbocycles. The molecule has 41 heavy (non-hydrogen) atoms. The summed E-state index contributed by atoms with van der Waals surface area (Å²) in [5.41, 5.74) is 1.63. The molecule has 1 amide bonds. The van der Waals surface area contributed by atoms with Crippen molar-refractivity contribution in [2.24, 2.45) is 4.74 Å². The number of carbonyl (C=O) groups is 1. The van der Waals surface area contributed by atoms with Crippen LogP contribution < -0.4 is 21.2 Å². The molecule has 0 aliphatic carbocycles. The summed E-state index contributed by atoms with van der Waals surface area (Å²) >= 11 is 12.7. The summed E-state index contributed by atoms with van der Waals surface area (Å²) in [6.45, 7) is 0. The summed E-state index contributed by atoms with van der Waals surface area (Å²) in [4.78, 5) is 18.1. The number of anilines is 1. The number of fused-ring (bicyclic) bond motifs is 1. The van der Waals surface area contributed by atoms with E-state index in [1.165, 1.54) is 0 Å². The van der Waals surface area contributed by atoms with Gasteiger partial charge >= 0.3 is 0 Å². The van der Waals surface area contributed by atoms with Crippen LogP contribution >= 0.6 is 30.3 Å². The molecule has 0 aliphatic rings. The molecule has 1 heterocycles. The number of hydrogen-bond acceptors (Lipinski definition) is 3. The molecule has 0 bridgehead atoms. The lowest BCUT2D eigenvalue weighted by atomic mass is 10.2. The van der Waals surface area contributed by atoms with Crippen molar-refractivity contribution < 1.29 is 4.79 Å². The highest BCUT2D eigenvalue weighted by atomic mass is 35.5. The van der Waals surface area contributed by atoms with Gasteiger partial charge in [0.25, 0.3) is 5.91 Å². The molecular formula is C34H24Cl2N3OP. The predicted octanol–water partition coefficient (Wildman–Crippen LogP) is 8.60. The van der Waals surface area contributed by atoms with Crippen LogP contribution in [0.25, 0.3) is 10.9 Å². The maximum Gasteiger partial charge on any atom is 0.259 e. The van der Waals surface area contributed by atoms with Crippen LogP contribution in [0.15, 0.2) is 144 Å². The van der Waals surface area contributed by atoms with E-state index < -0.39 is 13.0 Å². The molecule has 0 fully saturated rings. The quantitative estimate of drug-likeness (QED) is 0.197. The zero-order valence-electron chi connectivity index (χ0n) is 21.8. The summed E-state index contributed by atoms with van der Waals surface area (Å²) in [6, 6.07) is 45.8. The maximum absolute atomic E-state index is 13.3. The van der Waals surface area contributed by atoms with E-state index in [-0.39, 0.29) is 15.6 Å². The molecule has 7 heteroatoms. The number of pyridine rings is 1. The van der Waals surface area contributed by atoms with Gasteiger partial charge in [-0.3, -0.25) is 9.54 Å². The molecule has 200 valence electrons. The number of hydrogen-bond donors (Lipinski definition) is 1. The molecule has 0 unspecified atom stereocenters. The number of rotatable bonds is 6. The Labute approximate surface area is 248 Å². The van der Waals surface area contributed by atoms with Crippen molar-refractivity contribution in [1.82, 2.24) is 4.98 Å². The normalized spacial score (nSPS) is 11.3. The van der Waals surface area contributed by atoms with Gasteiger partial charge in [0.2, 0.25) is 0 Å². The van der Waals surface area contributed by atoms with Crippen molar-refractivity contribution in [1.29, 1.82) is 0 Å². The first-order valence-electron chi connectivity index (χ1n) is 13.0. The van der Waals surface area contributed by atoms with Crippen molar-refractivity contribution in [2.45, 2.75) is 0 Å². The average Bonchev–Trinajstić information content (AvgIpc) is 3.01. The number of aromatic nitrogens is 1. The molecule has 4 nitrogen and oxygen atoms in total. The topological polar surface area (TPSA) is 54.4 Å². The lowest BCUT2D eigenvalue weighted by Gasteiger charge is -2.27. The zero-order chi connectivity index (χ0) is 28.2. The second-order valence-electron chi connectivity index (χ2n) is 9.34. The van der Waals surface area contributed by atoms with Gasteiger partial charge < -0.3 is 5.32 Å². The van der Waals surface area contributed by atoms with Crippen molar-refractivity contribution in [2.75, 3.05) is 5.32 Å². The van der Waals surface area contributed by atoms with Gasteiger partial charge in [-0.2, -0.15) is 0 Å². The number of nitrogens with one attached hydrogen (secondary N) is 1. The Balaban J connectivity index is 1.63. The average molecular weight is 592 g/mol. The van der Waals surface area contributed by atoms with E-state index in [0.29, 0.717) is 11.3 Å². The summed E-state index contributed by atoms with van der Waals surface area (Å²) in [7, 11) is -2.56. The fourth-order valence-electron chi connectivity index (χ4n) is 4.91. The minimum Gasteiger partial charge on any atom is -0.306 e. The van der Waals surface area contributed by atoms with Gasteiger partial charge in [0.15, 0.2) is 0 Å². The highest BCUT2D eigenvalue weighted by molar-refractivity contribution is 7.87. The van der Waals surface area contributed by atoms with Gasteiger partial charge in [-0.25, -0.2) is 4.98 Å². The van der Waals surface area contributed by atoms with Crippen LogP contribution in [-0.2, 0) is 0 Å². The molecular weight excluding hydrogens is 568 g/mol. The fourth-order valence-corrected chi connectivity index (χ4v) is 9.02. The van der Waals surface area contributed by atoms with Crippen LogP contribution in [0, 0.1) is 0 Å². The van der Waals surface area contributed by atoms with Gasteiger partial charge in [0, 0.05) is 27.4 Å². The second-order valence-corrected chi connectivity index (χ2v) is 13.2. The fraction of sp³-hybridized carbons (Fsp3) is 0. The molecule has 1 aromatic heterocycles. The smallest absolute Gasteiger partial charge is 0.259 e. The van der Waals surface area contributed by atoms with Crippen molar-refractivity contribution in [3.63, 3.8) is 0 Å². The van der Waals surface area contributed by atoms with Gasteiger partial charge in [-0.15, -0.1) is 0 Å². The Morgan fingerprint density at radius 3 is 1.66 bits per heavy atom. The van der Waals surface area contributed by atoms with Crippen molar-refractivity contribution >= 4 is 74.5 Å². The molecule has 1 N–H and O–H groups in total. The number of halogens is 2. The minimum atomic E-state index is -2.56. The maximum atomic E-state index is 13.3. The molecule has 5 aromatic carbocycles. The zero-order valence-corrected chi connectivity index (χ0v) is 24.2. The Kier molecular flexibility index (Phi) is 7.71. The Hall–Kier alpha value is -4.21. The van der Waals surface area contributed by atoms with Crippen LogP contribution in [0.2, 0.25) is 10.0 Å². The predicted molar refractivity (Wildman–Crippen MR) is 173 cm³/mol. The van der Waals surface area contributed by atoms with E-state index in [4.69, 9.17) is 32.9 Å². The lowest BCUT2D eigenvalue weighted by Crippen LogP contribution is -2.25. The van der Waals surface area contributed by atoms with E-state index in [1.54, 1.807) is 18.2 Å². The van der Waals surface area contributed by atoms with E-state index in [1.807, 2.05) is 48.5 Å². The summed E-state index contributed by atoms with van der Waals surface area (Å²) < 4.78 is 5.67. The van der Waals surface area contributed by atoms with Crippen LogP contribution in [0.1, 0.15) is 10.4 Å². The summed E-state index contributed by atoms with van der Waals surface area (Å²) in [6.07, 6.45) is 0. The van der Waals surface area contributed by atoms with Gasteiger partial charge in [-0.1, -0.05) is 138 Å². The number of amides is 1. The van der Waals surface area contributed by atoms with Crippen LogP contribution in [0.5, 0.6) is 0 Å². The lowest BCUT2D eigenvalue weighted by molar-refractivity contribution is 0.102. The Bertz CT molecular complexity index is 1790. The van der Waals surface area contributed by atoms with Crippen molar-refractivity contribution in [3.8, 4) is 0 Å². The minimum absolute atomic E-state index is 0.198. The van der Waals surface area contributed by atoms with E-state index in [9.17, 15) is 4.79 Å². The number of carbonyl (C=O) groups excluding carboxylic acids is 1. The SMILES string of the molecule is O=C(Nc1cc(N=P(c2ccccc2)(c2ccccc2)c2ccccc2)c2ccccc2n1)c1c(Cl)cccc1Cl. The summed E-state index contributed by atoms with van der Waals surface area (Å²) in [5, 5.41) is 7.68. The monoisotopic (exact) mass is 591 g/mol. The summed E-state index contributed by atoms with van der Waals surface area (Å²) in [5.74, 6) is -0.0831. The van der Waals surface area contributed by atoms with Crippen LogP contribution in [-0.4, -0.2) is 10.9 Å². The molecule has 0 radical (unpaired) electrons. The standard InChI is InChI=1S/C34H24Cl2N3OP/c35-28-20-12-21-29(36)33(28)34(40)38-32-23-31(27-19-10-11-22-30(27)37-32)39-41(24-13-4-1-5-14-24,25-15-6-2-7-16-25)26-17-8-3-9-18-26/h1-23H,(H,37,38,40). The molecule has 0 aliphatic heterocycles. The Morgan fingerprint density at radius 2 is 1.12 bits per heavy atom. The highest BCUT2D eigenvalue weighted by Crippen LogP contribution is 2.50. The number of benzene rings is 5. The van der Waals surface area contributed by atoms with E-state index in [2.05, 4.69) is 78.1 Å².